The zero-order chi connectivity index (χ0) is 12.1. The SMILES string of the molecule is NC(=O)NCCNc1cc(F)c(Br)cc1N. The summed E-state index contributed by atoms with van der Waals surface area (Å²) in [5.74, 6) is -0.403. The quantitative estimate of drug-likeness (QED) is 0.497. The third-order valence-corrected chi connectivity index (χ3v) is 2.44. The molecule has 0 saturated heterocycles. The van der Waals surface area contributed by atoms with Gasteiger partial charge >= 0.3 is 6.03 Å². The molecule has 0 aliphatic carbocycles. The summed E-state index contributed by atoms with van der Waals surface area (Å²) >= 11 is 3.02. The molecule has 0 aliphatic heterocycles. The molecule has 0 saturated carbocycles. The Morgan fingerprint density at radius 3 is 2.75 bits per heavy atom. The maximum atomic E-state index is 13.2. The van der Waals surface area contributed by atoms with E-state index >= 15 is 0 Å². The van der Waals surface area contributed by atoms with Crippen molar-refractivity contribution in [1.82, 2.24) is 5.32 Å². The summed E-state index contributed by atoms with van der Waals surface area (Å²) in [6.07, 6.45) is 0. The fourth-order valence-corrected chi connectivity index (χ4v) is 1.46. The van der Waals surface area contributed by atoms with E-state index in [-0.39, 0.29) is 0 Å². The lowest BCUT2D eigenvalue weighted by Gasteiger charge is -2.10. The van der Waals surface area contributed by atoms with Crippen molar-refractivity contribution in [2.45, 2.75) is 0 Å². The van der Waals surface area contributed by atoms with Gasteiger partial charge in [-0.25, -0.2) is 9.18 Å². The number of nitrogens with two attached hydrogens (primary N) is 2. The van der Waals surface area contributed by atoms with Crippen LogP contribution in [0.25, 0.3) is 0 Å². The Morgan fingerprint density at radius 2 is 2.12 bits per heavy atom. The summed E-state index contributed by atoms with van der Waals surface area (Å²) in [4.78, 5) is 10.4. The molecule has 1 aromatic carbocycles. The number of urea groups is 1. The van der Waals surface area contributed by atoms with E-state index in [4.69, 9.17) is 11.5 Å². The number of nitrogen functional groups attached to an aromatic ring is 1. The number of nitrogens with one attached hydrogen (secondary N) is 2. The van der Waals surface area contributed by atoms with Crippen LogP contribution in [-0.2, 0) is 0 Å². The lowest BCUT2D eigenvalue weighted by molar-refractivity contribution is 0.249. The lowest BCUT2D eigenvalue weighted by atomic mass is 10.2. The highest BCUT2D eigenvalue weighted by Gasteiger charge is 2.05. The zero-order valence-electron chi connectivity index (χ0n) is 8.39. The number of amides is 2. The molecule has 0 radical (unpaired) electrons. The van der Waals surface area contributed by atoms with Crippen LogP contribution in [0.2, 0.25) is 0 Å². The molecular formula is C9H12BrFN4O. The van der Waals surface area contributed by atoms with Crippen molar-refractivity contribution < 1.29 is 9.18 Å². The van der Waals surface area contributed by atoms with Gasteiger partial charge in [-0.3, -0.25) is 0 Å². The van der Waals surface area contributed by atoms with Crippen LogP contribution in [0.1, 0.15) is 0 Å². The molecule has 7 heteroatoms. The van der Waals surface area contributed by atoms with Gasteiger partial charge < -0.3 is 22.1 Å². The maximum absolute atomic E-state index is 13.2. The normalized spacial score (nSPS) is 9.88. The van der Waals surface area contributed by atoms with E-state index in [0.717, 1.165) is 0 Å². The Hall–Kier alpha value is -1.50. The standard InChI is InChI=1S/C9H12BrFN4O/c10-5-3-7(12)8(4-6(5)11)14-1-2-15-9(13)16/h3-4,14H,1-2,12H2,(H3,13,15,16). The van der Waals surface area contributed by atoms with Crippen molar-refractivity contribution in [3.63, 3.8) is 0 Å². The molecular weight excluding hydrogens is 279 g/mol. The molecule has 0 aliphatic rings. The van der Waals surface area contributed by atoms with Crippen LogP contribution in [-0.4, -0.2) is 19.1 Å². The van der Waals surface area contributed by atoms with Crippen LogP contribution in [0.3, 0.4) is 0 Å². The third kappa shape index (κ3) is 3.58. The van der Waals surface area contributed by atoms with Gasteiger partial charge in [0.2, 0.25) is 0 Å². The number of halogens is 2. The molecule has 0 spiro atoms. The Labute approximate surface area is 101 Å². The number of rotatable bonds is 4. The molecule has 16 heavy (non-hydrogen) atoms. The van der Waals surface area contributed by atoms with Gasteiger partial charge in [0.15, 0.2) is 0 Å². The first kappa shape index (κ1) is 12.6. The molecule has 1 rings (SSSR count). The molecule has 0 fully saturated rings. The van der Waals surface area contributed by atoms with Gasteiger partial charge in [0.1, 0.15) is 5.82 Å². The molecule has 0 heterocycles. The first-order chi connectivity index (χ1) is 7.50. The van der Waals surface area contributed by atoms with Crippen LogP contribution in [0.4, 0.5) is 20.6 Å². The predicted octanol–water partition coefficient (Wildman–Crippen LogP) is 1.25. The number of carbonyl (C=O) groups is 1. The van der Waals surface area contributed by atoms with Crippen LogP contribution in [0, 0.1) is 5.82 Å². The number of primary amides is 1. The van der Waals surface area contributed by atoms with Crippen LogP contribution in [0.15, 0.2) is 16.6 Å². The summed E-state index contributed by atoms with van der Waals surface area (Å²) in [5.41, 5.74) is 11.4. The van der Waals surface area contributed by atoms with E-state index in [0.29, 0.717) is 28.9 Å². The Balaban J connectivity index is 2.54. The highest BCUT2D eigenvalue weighted by atomic mass is 79.9. The van der Waals surface area contributed by atoms with Crippen molar-refractivity contribution in [1.29, 1.82) is 0 Å². The van der Waals surface area contributed by atoms with Gasteiger partial charge in [-0.05, 0) is 22.0 Å². The first-order valence-corrected chi connectivity index (χ1v) is 5.31. The number of hydrogen-bond donors (Lipinski definition) is 4. The Bertz CT molecular complexity index is 399. The summed E-state index contributed by atoms with van der Waals surface area (Å²) in [7, 11) is 0. The van der Waals surface area contributed by atoms with Gasteiger partial charge in [0.05, 0.1) is 15.8 Å². The highest BCUT2D eigenvalue weighted by molar-refractivity contribution is 9.10. The fourth-order valence-electron chi connectivity index (χ4n) is 1.10. The molecule has 5 nitrogen and oxygen atoms in total. The molecule has 0 unspecified atom stereocenters. The molecule has 0 bridgehead atoms. The van der Waals surface area contributed by atoms with Crippen molar-refractivity contribution >= 4 is 33.3 Å². The minimum absolute atomic E-state index is 0.311. The highest BCUT2D eigenvalue weighted by Crippen LogP contribution is 2.26. The van der Waals surface area contributed by atoms with E-state index in [9.17, 15) is 9.18 Å². The van der Waals surface area contributed by atoms with Gasteiger partial charge in [-0.2, -0.15) is 0 Å². The van der Waals surface area contributed by atoms with Crippen molar-refractivity contribution in [3.8, 4) is 0 Å². The van der Waals surface area contributed by atoms with E-state index in [2.05, 4.69) is 26.6 Å². The number of hydrogen-bond acceptors (Lipinski definition) is 3. The maximum Gasteiger partial charge on any atom is 0.312 e. The van der Waals surface area contributed by atoms with E-state index in [1.54, 1.807) is 0 Å². The Kier molecular flexibility index (Phi) is 4.36. The molecule has 0 atom stereocenters. The van der Waals surface area contributed by atoms with Crippen LogP contribution < -0.4 is 22.1 Å². The van der Waals surface area contributed by atoms with Crippen molar-refractivity contribution in [2.24, 2.45) is 5.73 Å². The summed E-state index contributed by atoms with van der Waals surface area (Å²) in [6, 6.07) is 2.15. The second kappa shape index (κ2) is 5.55. The van der Waals surface area contributed by atoms with Crippen LogP contribution in [0.5, 0.6) is 0 Å². The van der Waals surface area contributed by atoms with Gasteiger partial charge in [-0.1, -0.05) is 0 Å². The predicted molar refractivity (Wildman–Crippen MR) is 64.6 cm³/mol. The van der Waals surface area contributed by atoms with E-state index in [1.807, 2.05) is 0 Å². The lowest BCUT2D eigenvalue weighted by Crippen LogP contribution is -2.33. The molecule has 6 N–H and O–H groups in total. The second-order valence-electron chi connectivity index (χ2n) is 3.07. The van der Waals surface area contributed by atoms with Crippen molar-refractivity contribution in [2.75, 3.05) is 24.1 Å². The average Bonchev–Trinajstić information content (AvgIpc) is 2.19. The smallest absolute Gasteiger partial charge is 0.312 e. The van der Waals surface area contributed by atoms with Crippen molar-refractivity contribution in [3.05, 3.63) is 22.4 Å². The van der Waals surface area contributed by atoms with Gasteiger partial charge in [0, 0.05) is 19.2 Å². The number of carbonyl (C=O) groups excluding carboxylic acids is 1. The number of benzene rings is 1. The second-order valence-corrected chi connectivity index (χ2v) is 3.93. The topological polar surface area (TPSA) is 93.2 Å². The molecule has 2 amide bonds. The Morgan fingerprint density at radius 1 is 1.44 bits per heavy atom. The summed E-state index contributed by atoms with van der Waals surface area (Å²) < 4.78 is 13.5. The van der Waals surface area contributed by atoms with E-state index in [1.165, 1.54) is 12.1 Å². The largest absolute Gasteiger partial charge is 0.397 e. The summed E-state index contributed by atoms with van der Waals surface area (Å²) in [5, 5.41) is 5.27. The fraction of sp³-hybridized carbons (Fsp3) is 0.222. The molecule has 0 aromatic heterocycles. The molecule has 1 aromatic rings. The minimum atomic E-state index is -0.600. The first-order valence-electron chi connectivity index (χ1n) is 4.52. The van der Waals surface area contributed by atoms with E-state index < -0.39 is 11.8 Å². The van der Waals surface area contributed by atoms with Gasteiger partial charge in [0.25, 0.3) is 0 Å². The summed E-state index contributed by atoms with van der Waals surface area (Å²) in [6.45, 7) is 0.751. The monoisotopic (exact) mass is 290 g/mol. The number of anilines is 2. The average molecular weight is 291 g/mol. The molecule has 88 valence electrons. The third-order valence-electron chi connectivity index (χ3n) is 1.83. The zero-order valence-corrected chi connectivity index (χ0v) is 9.97. The minimum Gasteiger partial charge on any atom is -0.397 e. The van der Waals surface area contributed by atoms with Gasteiger partial charge in [-0.15, -0.1) is 0 Å². The van der Waals surface area contributed by atoms with Crippen LogP contribution >= 0.6 is 15.9 Å².